The Kier molecular flexibility index (Phi) is 7.26. The number of aryl methyl sites for hydroxylation is 1. The van der Waals surface area contributed by atoms with Gasteiger partial charge >= 0.3 is 5.97 Å². The highest BCUT2D eigenvalue weighted by atomic mass is 32.1. The van der Waals surface area contributed by atoms with Gasteiger partial charge < -0.3 is 10.1 Å². The Hall–Kier alpha value is -2.25. The zero-order valence-corrected chi connectivity index (χ0v) is 19.6. The number of hydrogen-bond donors (Lipinski definition) is 1. The van der Waals surface area contributed by atoms with Gasteiger partial charge in [-0.2, -0.15) is 0 Å². The zero-order valence-electron chi connectivity index (χ0n) is 18.8. The van der Waals surface area contributed by atoms with Crippen LogP contribution in [0.1, 0.15) is 67.1 Å². The average molecular weight is 459 g/mol. The summed E-state index contributed by atoms with van der Waals surface area (Å²) >= 11 is 1.67. The number of thiophene rings is 1. The number of nitrogens with one attached hydrogen (secondary N) is 1. The van der Waals surface area contributed by atoms with E-state index in [1.807, 2.05) is 13.0 Å². The third-order valence-corrected chi connectivity index (χ3v) is 7.68. The van der Waals surface area contributed by atoms with Gasteiger partial charge in [0.25, 0.3) is 0 Å². The van der Waals surface area contributed by atoms with Crippen LogP contribution in [-0.4, -0.2) is 36.5 Å². The number of ether oxygens (including phenoxy) is 1. The normalized spacial score (nSPS) is 18.1. The number of halogens is 1. The monoisotopic (exact) mass is 458 g/mol. The number of rotatable bonds is 6. The third-order valence-electron chi connectivity index (χ3n) is 6.45. The molecule has 2 aliphatic rings. The Morgan fingerprint density at radius 2 is 2.00 bits per heavy atom. The summed E-state index contributed by atoms with van der Waals surface area (Å²) < 4.78 is 19.5. The molecular weight excluding hydrogens is 427 g/mol. The van der Waals surface area contributed by atoms with Gasteiger partial charge in [0.1, 0.15) is 10.8 Å². The Morgan fingerprint density at radius 3 is 2.69 bits per heavy atom. The van der Waals surface area contributed by atoms with E-state index in [1.54, 1.807) is 23.5 Å². The van der Waals surface area contributed by atoms with Crippen LogP contribution in [0, 0.1) is 11.7 Å². The molecule has 32 heavy (non-hydrogen) atoms. The maximum Gasteiger partial charge on any atom is 0.309 e. The van der Waals surface area contributed by atoms with E-state index in [2.05, 4.69) is 10.2 Å². The number of amides is 1. The lowest BCUT2D eigenvalue weighted by atomic mass is 9.87. The lowest BCUT2D eigenvalue weighted by Crippen LogP contribution is -2.40. The van der Waals surface area contributed by atoms with Crippen molar-refractivity contribution in [3.63, 3.8) is 0 Å². The number of benzene rings is 1. The molecular formula is C25H31FN2O3S. The SMILES string of the molecule is CCOC(=O)C1CCN([C@@H](c2cccc(F)c2)c2c(NC(C)=O)sc3c2CCCC3)CC1. The molecule has 0 unspecified atom stereocenters. The average Bonchev–Trinajstić information content (AvgIpc) is 3.12. The highest BCUT2D eigenvalue weighted by Crippen LogP contribution is 2.46. The van der Waals surface area contributed by atoms with Gasteiger partial charge in [0.15, 0.2) is 0 Å². The van der Waals surface area contributed by atoms with Crippen molar-refractivity contribution >= 4 is 28.2 Å². The van der Waals surface area contributed by atoms with Crippen LogP contribution in [0.3, 0.4) is 0 Å². The Labute approximate surface area is 193 Å². The Bertz CT molecular complexity index is 982. The molecule has 1 N–H and O–H groups in total. The summed E-state index contributed by atoms with van der Waals surface area (Å²) in [7, 11) is 0. The van der Waals surface area contributed by atoms with E-state index < -0.39 is 0 Å². The van der Waals surface area contributed by atoms with Crippen LogP contribution in [0.15, 0.2) is 24.3 Å². The van der Waals surface area contributed by atoms with Gasteiger partial charge in [0, 0.05) is 17.4 Å². The number of carbonyl (C=O) groups is 2. The number of esters is 1. The lowest BCUT2D eigenvalue weighted by Gasteiger charge is -2.38. The second-order valence-corrected chi connectivity index (χ2v) is 9.76. The lowest BCUT2D eigenvalue weighted by molar-refractivity contribution is -0.149. The molecule has 2 heterocycles. The first-order valence-corrected chi connectivity index (χ1v) is 12.4. The largest absolute Gasteiger partial charge is 0.466 e. The van der Waals surface area contributed by atoms with Crippen molar-refractivity contribution in [2.24, 2.45) is 5.92 Å². The van der Waals surface area contributed by atoms with Crippen molar-refractivity contribution in [1.82, 2.24) is 4.90 Å². The molecule has 1 aliphatic heterocycles. The number of hydrogen-bond acceptors (Lipinski definition) is 5. The molecule has 172 valence electrons. The Balaban J connectivity index is 1.73. The van der Waals surface area contributed by atoms with Crippen molar-refractivity contribution in [3.05, 3.63) is 51.7 Å². The highest BCUT2D eigenvalue weighted by Gasteiger charge is 2.35. The van der Waals surface area contributed by atoms with Crippen LogP contribution >= 0.6 is 11.3 Å². The fourth-order valence-corrected chi connectivity index (χ4v) is 6.39. The molecule has 1 aromatic carbocycles. The molecule has 1 atom stereocenters. The third kappa shape index (κ3) is 4.89. The molecule has 1 fully saturated rings. The van der Waals surface area contributed by atoms with E-state index >= 15 is 0 Å². The molecule has 0 bridgehead atoms. The quantitative estimate of drug-likeness (QED) is 0.613. The highest BCUT2D eigenvalue weighted by molar-refractivity contribution is 7.16. The minimum atomic E-state index is -0.265. The molecule has 1 amide bonds. The van der Waals surface area contributed by atoms with Crippen molar-refractivity contribution in [1.29, 1.82) is 0 Å². The number of carbonyl (C=O) groups excluding carboxylic acids is 2. The van der Waals surface area contributed by atoms with E-state index in [1.165, 1.54) is 23.4 Å². The molecule has 5 nitrogen and oxygen atoms in total. The molecule has 0 spiro atoms. The van der Waals surface area contributed by atoms with Gasteiger partial charge in [0.2, 0.25) is 5.91 Å². The minimum Gasteiger partial charge on any atom is -0.466 e. The molecule has 1 saturated heterocycles. The second kappa shape index (κ2) is 10.1. The first-order valence-electron chi connectivity index (χ1n) is 11.6. The van der Waals surface area contributed by atoms with E-state index in [4.69, 9.17) is 4.74 Å². The number of nitrogens with zero attached hydrogens (tertiary/aromatic N) is 1. The molecule has 2 aromatic rings. The predicted octanol–water partition coefficient (Wildman–Crippen LogP) is 5.09. The van der Waals surface area contributed by atoms with Crippen LogP contribution < -0.4 is 5.32 Å². The zero-order chi connectivity index (χ0) is 22.7. The molecule has 1 aromatic heterocycles. The van der Waals surface area contributed by atoms with Gasteiger partial charge in [-0.15, -0.1) is 11.3 Å². The minimum absolute atomic E-state index is 0.0921. The standard InChI is InChI=1S/C25H31FN2O3S/c1-3-31-25(30)17-11-13-28(14-12-17)23(18-7-6-8-19(26)15-18)22-20-9-4-5-10-21(20)32-24(22)27-16(2)29/h6-8,15,17,23H,3-5,9-14H2,1-2H3,(H,27,29)/t23-/m0/s1. The smallest absolute Gasteiger partial charge is 0.309 e. The van der Waals surface area contributed by atoms with Crippen molar-refractivity contribution in [3.8, 4) is 0 Å². The van der Waals surface area contributed by atoms with Crippen LogP contribution in [0.4, 0.5) is 9.39 Å². The van der Waals surface area contributed by atoms with E-state index in [-0.39, 0.29) is 29.7 Å². The van der Waals surface area contributed by atoms with Crippen LogP contribution in [-0.2, 0) is 27.2 Å². The van der Waals surface area contributed by atoms with Gasteiger partial charge in [0.05, 0.1) is 18.6 Å². The molecule has 1 aliphatic carbocycles. The van der Waals surface area contributed by atoms with Crippen LogP contribution in [0.5, 0.6) is 0 Å². The van der Waals surface area contributed by atoms with Crippen LogP contribution in [0.2, 0.25) is 0 Å². The van der Waals surface area contributed by atoms with Crippen molar-refractivity contribution < 1.29 is 18.7 Å². The number of fused-ring (bicyclic) bond motifs is 1. The fraction of sp³-hybridized carbons (Fsp3) is 0.520. The van der Waals surface area contributed by atoms with Gasteiger partial charge in [-0.3, -0.25) is 14.5 Å². The number of piperidine rings is 1. The summed E-state index contributed by atoms with van der Waals surface area (Å²) in [6, 6.07) is 6.63. The number of likely N-dealkylation sites (tertiary alicyclic amines) is 1. The van der Waals surface area contributed by atoms with Crippen molar-refractivity contribution in [2.75, 3.05) is 25.0 Å². The van der Waals surface area contributed by atoms with E-state index in [9.17, 15) is 14.0 Å². The summed E-state index contributed by atoms with van der Waals surface area (Å²) in [4.78, 5) is 27.9. The summed E-state index contributed by atoms with van der Waals surface area (Å²) in [5, 5.41) is 3.94. The number of anilines is 1. The van der Waals surface area contributed by atoms with Crippen molar-refractivity contribution in [2.45, 2.75) is 58.4 Å². The van der Waals surface area contributed by atoms with E-state index in [0.29, 0.717) is 19.4 Å². The van der Waals surface area contributed by atoms with E-state index in [0.717, 1.165) is 54.9 Å². The maximum absolute atomic E-state index is 14.3. The summed E-state index contributed by atoms with van der Waals surface area (Å²) in [6.07, 6.45) is 5.71. The van der Waals surface area contributed by atoms with Gasteiger partial charge in [-0.05, 0) is 81.8 Å². The molecule has 4 rings (SSSR count). The Morgan fingerprint density at radius 1 is 1.25 bits per heavy atom. The first-order chi connectivity index (χ1) is 15.5. The fourth-order valence-electron chi connectivity index (χ4n) is 5.02. The molecule has 0 saturated carbocycles. The summed E-state index contributed by atoms with van der Waals surface area (Å²) in [6.45, 7) is 5.19. The molecule has 0 radical (unpaired) electrons. The topological polar surface area (TPSA) is 58.6 Å². The maximum atomic E-state index is 14.3. The summed E-state index contributed by atoms with van der Waals surface area (Å²) in [5.41, 5.74) is 3.31. The predicted molar refractivity (Wildman–Crippen MR) is 124 cm³/mol. The van der Waals surface area contributed by atoms with Gasteiger partial charge in [-0.1, -0.05) is 12.1 Å². The molecule has 7 heteroatoms. The van der Waals surface area contributed by atoms with Crippen LogP contribution in [0.25, 0.3) is 0 Å². The first kappa shape index (κ1) is 22.9. The second-order valence-electron chi connectivity index (χ2n) is 8.65. The summed E-state index contributed by atoms with van der Waals surface area (Å²) in [5.74, 6) is -0.574. The van der Waals surface area contributed by atoms with Gasteiger partial charge in [-0.25, -0.2) is 4.39 Å².